The van der Waals surface area contributed by atoms with Crippen molar-refractivity contribution < 1.29 is 4.74 Å². The zero-order valence-corrected chi connectivity index (χ0v) is 13.7. The standard InChI is InChI=1S/C19H31NO/c1-3-16-9-8-10-17(15-16)19(20-4-2)13-14-21-18-11-6-5-7-12-18/h5-7,11-12,16-17,19-20H,3-4,8-10,13-15H2,1-2H3. The van der Waals surface area contributed by atoms with E-state index in [2.05, 4.69) is 19.2 Å². The van der Waals surface area contributed by atoms with Crippen LogP contribution in [0.15, 0.2) is 30.3 Å². The lowest BCUT2D eigenvalue weighted by Crippen LogP contribution is -2.39. The maximum Gasteiger partial charge on any atom is 0.119 e. The fraction of sp³-hybridized carbons (Fsp3) is 0.684. The van der Waals surface area contributed by atoms with Gasteiger partial charge in [-0.25, -0.2) is 0 Å². The highest BCUT2D eigenvalue weighted by Crippen LogP contribution is 2.33. The van der Waals surface area contributed by atoms with Gasteiger partial charge in [0.15, 0.2) is 0 Å². The number of hydrogen-bond acceptors (Lipinski definition) is 2. The van der Waals surface area contributed by atoms with E-state index in [-0.39, 0.29) is 0 Å². The number of rotatable bonds is 8. The molecule has 1 aliphatic carbocycles. The second kappa shape index (κ2) is 9.09. The van der Waals surface area contributed by atoms with Gasteiger partial charge in [0, 0.05) is 6.04 Å². The van der Waals surface area contributed by atoms with Gasteiger partial charge in [-0.3, -0.25) is 0 Å². The summed E-state index contributed by atoms with van der Waals surface area (Å²) < 4.78 is 5.89. The molecule has 1 aromatic carbocycles. The van der Waals surface area contributed by atoms with Crippen molar-refractivity contribution in [3.05, 3.63) is 30.3 Å². The van der Waals surface area contributed by atoms with Crippen molar-refractivity contribution in [2.75, 3.05) is 13.2 Å². The number of benzene rings is 1. The van der Waals surface area contributed by atoms with Crippen molar-refractivity contribution in [1.82, 2.24) is 5.32 Å². The molecule has 0 aliphatic heterocycles. The summed E-state index contributed by atoms with van der Waals surface area (Å²) in [7, 11) is 0. The van der Waals surface area contributed by atoms with Gasteiger partial charge in [0.1, 0.15) is 5.75 Å². The van der Waals surface area contributed by atoms with Crippen LogP contribution in [0.3, 0.4) is 0 Å². The summed E-state index contributed by atoms with van der Waals surface area (Å²) in [4.78, 5) is 0. The molecule has 0 spiro atoms. The Bertz CT molecular complexity index is 378. The van der Waals surface area contributed by atoms with Gasteiger partial charge in [-0.1, -0.05) is 51.3 Å². The first-order valence-electron chi connectivity index (χ1n) is 8.74. The summed E-state index contributed by atoms with van der Waals surface area (Å²) >= 11 is 0. The highest BCUT2D eigenvalue weighted by Gasteiger charge is 2.27. The third-order valence-corrected chi connectivity index (χ3v) is 4.88. The van der Waals surface area contributed by atoms with Gasteiger partial charge in [0.25, 0.3) is 0 Å². The average molecular weight is 289 g/mol. The first-order chi connectivity index (χ1) is 10.3. The van der Waals surface area contributed by atoms with Crippen LogP contribution < -0.4 is 10.1 Å². The van der Waals surface area contributed by atoms with E-state index >= 15 is 0 Å². The molecule has 0 saturated heterocycles. The quantitative estimate of drug-likeness (QED) is 0.752. The van der Waals surface area contributed by atoms with E-state index in [0.717, 1.165) is 37.2 Å². The van der Waals surface area contributed by atoms with Crippen molar-refractivity contribution in [2.45, 2.75) is 58.4 Å². The van der Waals surface area contributed by atoms with Crippen LogP contribution in [0.4, 0.5) is 0 Å². The lowest BCUT2D eigenvalue weighted by molar-refractivity contribution is 0.183. The fourth-order valence-electron chi connectivity index (χ4n) is 3.66. The van der Waals surface area contributed by atoms with Crippen LogP contribution >= 0.6 is 0 Å². The van der Waals surface area contributed by atoms with Gasteiger partial charge in [-0.05, 0) is 49.8 Å². The molecule has 2 heteroatoms. The Labute approximate surface area is 130 Å². The van der Waals surface area contributed by atoms with Crippen LogP contribution in [0.1, 0.15) is 52.4 Å². The molecule has 0 radical (unpaired) electrons. The largest absolute Gasteiger partial charge is 0.494 e. The number of ether oxygens (including phenoxy) is 1. The van der Waals surface area contributed by atoms with E-state index in [1.54, 1.807) is 0 Å². The average Bonchev–Trinajstić information content (AvgIpc) is 2.55. The third-order valence-electron chi connectivity index (χ3n) is 4.88. The van der Waals surface area contributed by atoms with Crippen LogP contribution in [-0.4, -0.2) is 19.2 Å². The molecule has 0 bridgehead atoms. The summed E-state index contributed by atoms with van der Waals surface area (Å²) in [5.74, 6) is 2.77. The highest BCUT2D eigenvalue weighted by molar-refractivity contribution is 5.20. The minimum absolute atomic E-state index is 0.619. The summed E-state index contributed by atoms with van der Waals surface area (Å²) in [6, 6.07) is 10.8. The molecule has 1 N–H and O–H groups in total. The molecule has 118 valence electrons. The maximum atomic E-state index is 5.89. The normalized spacial score (nSPS) is 23.7. The Morgan fingerprint density at radius 2 is 2.00 bits per heavy atom. The zero-order chi connectivity index (χ0) is 14.9. The predicted molar refractivity (Wildman–Crippen MR) is 89.8 cm³/mol. The molecular weight excluding hydrogens is 258 g/mol. The molecule has 0 heterocycles. The van der Waals surface area contributed by atoms with Crippen LogP contribution in [0, 0.1) is 11.8 Å². The zero-order valence-electron chi connectivity index (χ0n) is 13.7. The van der Waals surface area contributed by atoms with Crippen LogP contribution in [0.25, 0.3) is 0 Å². The summed E-state index contributed by atoms with van der Waals surface area (Å²) in [6.07, 6.45) is 8.09. The second-order valence-electron chi connectivity index (χ2n) is 6.32. The van der Waals surface area contributed by atoms with Crippen molar-refractivity contribution in [1.29, 1.82) is 0 Å². The summed E-state index contributed by atoms with van der Waals surface area (Å²) in [5.41, 5.74) is 0. The first-order valence-corrected chi connectivity index (χ1v) is 8.74. The van der Waals surface area contributed by atoms with E-state index in [1.165, 1.54) is 32.1 Å². The molecule has 0 aromatic heterocycles. The minimum atomic E-state index is 0.619. The topological polar surface area (TPSA) is 21.3 Å². The molecule has 2 nitrogen and oxygen atoms in total. The Morgan fingerprint density at radius 3 is 2.71 bits per heavy atom. The van der Waals surface area contributed by atoms with Gasteiger partial charge in [-0.2, -0.15) is 0 Å². The van der Waals surface area contributed by atoms with Crippen molar-refractivity contribution >= 4 is 0 Å². The molecule has 3 atom stereocenters. The molecule has 1 aliphatic rings. The Kier molecular flexibility index (Phi) is 7.08. The smallest absolute Gasteiger partial charge is 0.119 e. The molecular formula is C19H31NO. The minimum Gasteiger partial charge on any atom is -0.494 e. The maximum absolute atomic E-state index is 5.89. The van der Waals surface area contributed by atoms with Crippen molar-refractivity contribution in [3.63, 3.8) is 0 Å². The molecule has 0 amide bonds. The molecule has 1 saturated carbocycles. The van der Waals surface area contributed by atoms with E-state index in [4.69, 9.17) is 4.74 Å². The Balaban J connectivity index is 1.81. The molecule has 3 unspecified atom stereocenters. The van der Waals surface area contributed by atoms with Gasteiger partial charge >= 0.3 is 0 Å². The lowest BCUT2D eigenvalue weighted by atomic mass is 9.76. The van der Waals surface area contributed by atoms with Crippen molar-refractivity contribution in [3.8, 4) is 5.75 Å². The second-order valence-corrected chi connectivity index (χ2v) is 6.32. The van der Waals surface area contributed by atoms with Gasteiger partial charge in [0.2, 0.25) is 0 Å². The van der Waals surface area contributed by atoms with Crippen LogP contribution in [-0.2, 0) is 0 Å². The predicted octanol–water partition coefficient (Wildman–Crippen LogP) is 4.65. The number of nitrogens with one attached hydrogen (secondary N) is 1. The first kappa shape index (κ1) is 16.4. The fourth-order valence-corrected chi connectivity index (χ4v) is 3.66. The van der Waals surface area contributed by atoms with E-state index < -0.39 is 0 Å². The van der Waals surface area contributed by atoms with E-state index in [9.17, 15) is 0 Å². The number of para-hydroxylation sites is 1. The highest BCUT2D eigenvalue weighted by atomic mass is 16.5. The molecule has 2 rings (SSSR count). The SMILES string of the molecule is CCNC(CCOc1ccccc1)C1CCCC(CC)C1. The van der Waals surface area contributed by atoms with Gasteiger partial charge in [0.05, 0.1) is 6.61 Å². The van der Waals surface area contributed by atoms with E-state index in [0.29, 0.717) is 6.04 Å². The summed E-state index contributed by atoms with van der Waals surface area (Å²) in [5, 5.41) is 3.70. The molecule has 1 aromatic rings. The molecule has 21 heavy (non-hydrogen) atoms. The van der Waals surface area contributed by atoms with Crippen molar-refractivity contribution in [2.24, 2.45) is 11.8 Å². The van der Waals surface area contributed by atoms with Crippen LogP contribution in [0.2, 0.25) is 0 Å². The molecule has 1 fully saturated rings. The third kappa shape index (κ3) is 5.35. The van der Waals surface area contributed by atoms with Gasteiger partial charge < -0.3 is 10.1 Å². The van der Waals surface area contributed by atoms with Crippen LogP contribution in [0.5, 0.6) is 5.75 Å². The Hall–Kier alpha value is -1.02. The lowest BCUT2D eigenvalue weighted by Gasteiger charge is -2.34. The monoisotopic (exact) mass is 289 g/mol. The summed E-state index contributed by atoms with van der Waals surface area (Å²) in [6.45, 7) is 6.43. The van der Waals surface area contributed by atoms with Gasteiger partial charge in [-0.15, -0.1) is 0 Å². The Morgan fingerprint density at radius 1 is 1.19 bits per heavy atom. The van der Waals surface area contributed by atoms with E-state index in [1.807, 2.05) is 30.3 Å². The number of hydrogen-bond donors (Lipinski definition) is 1.